The van der Waals surface area contributed by atoms with Crippen molar-refractivity contribution in [2.45, 2.75) is 162 Å². The van der Waals surface area contributed by atoms with Crippen molar-refractivity contribution >= 4 is 44.6 Å². The Labute approximate surface area is 575 Å². The second kappa shape index (κ2) is 25.2. The lowest BCUT2D eigenvalue weighted by Crippen LogP contribution is -2.28. The van der Waals surface area contributed by atoms with Crippen molar-refractivity contribution in [2.75, 3.05) is 6.61 Å². The molecule has 0 bridgehead atoms. The van der Waals surface area contributed by atoms with E-state index in [9.17, 15) is 9.59 Å². The number of rotatable bonds is 22. The van der Waals surface area contributed by atoms with Gasteiger partial charge < -0.3 is 18.9 Å². The Morgan fingerprint density at radius 3 is 1.41 bits per heavy atom. The number of ether oxygens (including phenoxy) is 4. The average Bonchev–Trinajstić information content (AvgIpc) is 1.47. The summed E-state index contributed by atoms with van der Waals surface area (Å²) in [7, 11) is 0. The number of hydrogen-bond acceptors (Lipinski definition) is 6. The monoisotopic (exact) mass is 1280 g/mol. The predicted octanol–water partition coefficient (Wildman–Crippen LogP) is 23.3. The van der Waals surface area contributed by atoms with Crippen LogP contribution in [0.5, 0.6) is 23.0 Å². The number of fused-ring (bicyclic) bond motifs is 7. The Bertz CT molecular complexity index is 4330. The molecule has 0 amide bonds. The molecule has 10 aliphatic rings. The summed E-state index contributed by atoms with van der Waals surface area (Å²) >= 11 is 0. The zero-order valence-electron chi connectivity index (χ0n) is 57.3. The lowest BCUT2D eigenvalue weighted by molar-refractivity contribution is 0.0723. The van der Waals surface area contributed by atoms with E-state index in [4.69, 9.17) is 18.9 Å². The topological polar surface area (TPSA) is 71.1 Å². The van der Waals surface area contributed by atoms with E-state index in [0.717, 1.165) is 176 Å². The quantitative estimate of drug-likeness (QED) is 0.0383. The third-order valence-electron chi connectivity index (χ3n) is 26.9. The van der Waals surface area contributed by atoms with E-state index in [1.54, 1.807) is 0 Å². The molecule has 8 aromatic carbocycles. The fourth-order valence-corrected chi connectivity index (χ4v) is 20.8. The van der Waals surface area contributed by atoms with Crippen molar-refractivity contribution in [1.29, 1.82) is 0 Å². The zero-order valence-corrected chi connectivity index (χ0v) is 57.3. The molecule has 496 valence electrons. The molecular weight excluding hydrogens is 1190 g/mol. The molecule has 0 heterocycles. The van der Waals surface area contributed by atoms with Crippen LogP contribution >= 0.6 is 0 Å². The molecule has 1 spiro atoms. The van der Waals surface area contributed by atoms with E-state index in [-0.39, 0.29) is 0 Å². The first-order chi connectivity index (χ1) is 47.7. The fraction of sp³-hybridized carbons (Fsp3) is 0.451. The maximum Gasteiger partial charge on any atom is 0.343 e. The molecule has 97 heavy (non-hydrogen) atoms. The predicted molar refractivity (Wildman–Crippen MR) is 392 cm³/mol. The first-order valence-electron chi connectivity index (χ1n) is 38.3. The maximum absolute atomic E-state index is 14.9. The highest BCUT2D eigenvalue weighted by Crippen LogP contribution is 2.85. The molecule has 6 nitrogen and oxygen atoms in total. The van der Waals surface area contributed by atoms with Crippen LogP contribution < -0.4 is 18.9 Å². The minimum absolute atomic E-state index is 0.378. The normalized spacial score (nSPS) is 30.6. The van der Waals surface area contributed by atoms with Crippen LogP contribution in [-0.4, -0.2) is 24.6 Å². The summed E-state index contributed by atoms with van der Waals surface area (Å²) in [5.74, 6) is 14.7. The van der Waals surface area contributed by atoms with Gasteiger partial charge in [-0.15, -0.1) is 0 Å². The van der Waals surface area contributed by atoms with Gasteiger partial charge in [0.05, 0.1) is 17.7 Å². The van der Waals surface area contributed by atoms with Gasteiger partial charge in [-0.1, -0.05) is 144 Å². The first kappa shape index (κ1) is 61.6. The van der Waals surface area contributed by atoms with Gasteiger partial charge in [0.1, 0.15) is 29.1 Å². The molecular formula is C91H96O6. The summed E-state index contributed by atoms with van der Waals surface area (Å²) in [5.41, 5.74) is 12.5. The maximum atomic E-state index is 14.9. The average molecular weight is 1290 g/mol. The molecule has 0 radical (unpaired) electrons. The van der Waals surface area contributed by atoms with Crippen LogP contribution in [0.2, 0.25) is 0 Å². The van der Waals surface area contributed by atoms with E-state index in [2.05, 4.69) is 118 Å². The zero-order chi connectivity index (χ0) is 65.0. The van der Waals surface area contributed by atoms with Crippen LogP contribution in [0.15, 0.2) is 170 Å². The van der Waals surface area contributed by atoms with Crippen molar-refractivity contribution < 1.29 is 28.5 Å². The van der Waals surface area contributed by atoms with Crippen molar-refractivity contribution in [3.05, 3.63) is 192 Å². The number of esters is 2. The summed E-state index contributed by atoms with van der Waals surface area (Å²) in [6.45, 7) is 7.68. The molecule has 8 saturated carbocycles. The molecule has 18 rings (SSSR count). The summed E-state index contributed by atoms with van der Waals surface area (Å²) in [6.07, 6.45) is 32.7. The minimum atomic E-state index is -0.465. The highest BCUT2D eigenvalue weighted by Gasteiger charge is 2.80. The number of carbonyl (C=O) groups excluding carboxylic acids is 2. The van der Waals surface area contributed by atoms with Gasteiger partial charge in [0.15, 0.2) is 0 Å². The van der Waals surface area contributed by atoms with E-state index >= 15 is 0 Å². The molecule has 10 aliphatic carbocycles. The van der Waals surface area contributed by atoms with Crippen molar-refractivity contribution in [2.24, 2.45) is 88.3 Å². The number of unbranched alkanes of at least 4 members (excludes halogenated alkanes) is 3. The molecule has 8 atom stereocenters. The number of carbonyl (C=O) groups is 2. The van der Waals surface area contributed by atoms with Crippen LogP contribution in [0, 0.1) is 88.3 Å². The summed E-state index contributed by atoms with van der Waals surface area (Å²) < 4.78 is 25.9. The van der Waals surface area contributed by atoms with Crippen LogP contribution in [0.1, 0.15) is 187 Å². The molecule has 8 unspecified atom stereocenters. The number of allylic oxidation sites excluding steroid dienone is 4. The van der Waals surface area contributed by atoms with Gasteiger partial charge in [-0.05, 0) is 324 Å². The largest absolute Gasteiger partial charge is 0.494 e. The van der Waals surface area contributed by atoms with E-state index < -0.39 is 11.9 Å². The highest BCUT2D eigenvalue weighted by molar-refractivity contribution is 6.12. The third-order valence-corrected chi connectivity index (χ3v) is 26.9. The Morgan fingerprint density at radius 1 is 0.464 bits per heavy atom. The fourth-order valence-electron chi connectivity index (χ4n) is 20.8. The Kier molecular flexibility index (Phi) is 16.0. The Morgan fingerprint density at radius 2 is 0.948 bits per heavy atom. The van der Waals surface area contributed by atoms with Crippen molar-refractivity contribution in [3.63, 3.8) is 0 Å². The molecule has 0 N–H and O–H groups in total. The summed E-state index contributed by atoms with van der Waals surface area (Å²) in [5, 5.41) is 3.91. The molecule has 6 heteroatoms. The lowest BCUT2D eigenvalue weighted by Gasteiger charge is -2.39. The number of hydrogen-bond donors (Lipinski definition) is 0. The van der Waals surface area contributed by atoms with Gasteiger partial charge in [0.2, 0.25) is 0 Å². The summed E-state index contributed by atoms with van der Waals surface area (Å²) in [6, 6.07) is 53.8. The Hall–Kier alpha value is -7.70. The van der Waals surface area contributed by atoms with Gasteiger partial charge in [-0.2, -0.15) is 0 Å². The van der Waals surface area contributed by atoms with Gasteiger partial charge in [-0.3, -0.25) is 0 Å². The smallest absolute Gasteiger partial charge is 0.343 e. The van der Waals surface area contributed by atoms with Crippen LogP contribution in [-0.2, 0) is 0 Å². The van der Waals surface area contributed by atoms with Crippen molar-refractivity contribution in [1.82, 2.24) is 0 Å². The second-order valence-corrected chi connectivity index (χ2v) is 32.2. The van der Waals surface area contributed by atoms with Crippen LogP contribution in [0.3, 0.4) is 0 Å². The molecule has 8 fully saturated rings. The third kappa shape index (κ3) is 11.8. The minimum Gasteiger partial charge on any atom is -0.494 e. The standard InChI is InChI=1S/C91H96O6/c1-4-6-7-8-50-94-72-38-30-60(31-39-72)57-20-26-66(27-21-57)89(92)96-79-45-37-71-52-69(63-16-12-59(13-17-63)64-46-48-91(49-47-64)86-54(3)87(86)91)35-43-75(71)83(79)82-74-42-34-68(62-14-10-55(11-15-62)56-18-24-65(25-19-56)81-77-53-78(77)81)51-70(74)36-44-80(82)97-90(93)67-28-22-58(23-29-67)61-32-40-73(41-33-61)95-88-84-76(9-5-2)85(84)88/h14,16,20-23,26-45,51-52,54-56,59,64-65,76-78,81,84-88H,4-13,15,17-19,24-25,46-50,53H2,1-3H3/t54?,55?,56-,59?,64?,65-,76?,77?,78?,81?,84?,85?,86?,87?,88?,91?. The van der Waals surface area contributed by atoms with Crippen LogP contribution in [0.4, 0.5) is 0 Å². The highest BCUT2D eigenvalue weighted by atomic mass is 16.5. The molecule has 0 aliphatic heterocycles. The van der Waals surface area contributed by atoms with E-state index in [0.29, 0.717) is 46.5 Å². The van der Waals surface area contributed by atoms with Crippen molar-refractivity contribution in [3.8, 4) is 56.4 Å². The van der Waals surface area contributed by atoms with Gasteiger partial charge >= 0.3 is 11.9 Å². The van der Waals surface area contributed by atoms with Crippen LogP contribution in [0.25, 0.3) is 66.1 Å². The van der Waals surface area contributed by atoms with Gasteiger partial charge in [0.25, 0.3) is 0 Å². The molecule has 0 saturated heterocycles. The van der Waals surface area contributed by atoms with Gasteiger partial charge in [0, 0.05) is 23.0 Å². The second-order valence-electron chi connectivity index (χ2n) is 32.2. The lowest BCUT2D eigenvalue weighted by atomic mass is 9.66. The summed E-state index contributed by atoms with van der Waals surface area (Å²) in [4.78, 5) is 29.7. The first-order valence-corrected chi connectivity index (χ1v) is 38.3. The molecule has 0 aromatic heterocycles. The molecule has 8 aromatic rings. The van der Waals surface area contributed by atoms with E-state index in [1.165, 1.54) is 125 Å². The SMILES string of the molecule is CCCCCCOc1ccc(-c2ccc(C(=O)Oc3ccc4cc(C5=CCC(C6CCC7(CC6)C6C(C)C67)CC5)ccc4c3-c3c(OC(=O)c4ccc(-c5ccc(OC6C7C(CCC)C67)cc5)cc4)ccc4cc(C5=CCC([C@H]6CC[C@H](C7C8CC87)CC6)CC5)ccc34)cc2)cc1. The van der Waals surface area contributed by atoms with Gasteiger partial charge in [-0.25, -0.2) is 9.59 Å². The van der Waals surface area contributed by atoms with E-state index in [1.807, 2.05) is 72.8 Å². The number of benzene rings is 8. The Balaban J connectivity index is 0.660.